The summed E-state index contributed by atoms with van der Waals surface area (Å²) in [5, 5.41) is 25.2. The monoisotopic (exact) mass is 377 g/mol. The first kappa shape index (κ1) is 17.9. The van der Waals surface area contributed by atoms with Gasteiger partial charge in [0.1, 0.15) is 24.5 Å². The van der Waals surface area contributed by atoms with Gasteiger partial charge in [-0.15, -0.1) is 0 Å². The fourth-order valence-corrected chi connectivity index (χ4v) is 2.96. The molecule has 2 heterocycles. The first-order chi connectivity index (χ1) is 12.3. The SMILES string of the molecule is CC1(Cn2cc3cc(OCC#CCO)c(Cl)cc3c2O)NC(=O)NC1=O. The lowest BCUT2D eigenvalue weighted by atomic mass is 10.0. The second kappa shape index (κ2) is 6.78. The number of rotatable bonds is 4. The van der Waals surface area contributed by atoms with E-state index in [1.54, 1.807) is 25.3 Å². The van der Waals surface area contributed by atoms with Crippen LogP contribution in [0.4, 0.5) is 4.79 Å². The van der Waals surface area contributed by atoms with Gasteiger partial charge < -0.3 is 24.8 Å². The van der Waals surface area contributed by atoms with E-state index in [1.807, 2.05) is 0 Å². The molecule has 1 aromatic heterocycles. The Morgan fingerprint density at radius 1 is 1.35 bits per heavy atom. The Hall–Kier alpha value is -2.89. The number of amides is 3. The maximum Gasteiger partial charge on any atom is 0.322 e. The Labute approximate surface area is 153 Å². The fraction of sp³-hybridized carbons (Fsp3) is 0.294. The van der Waals surface area contributed by atoms with E-state index >= 15 is 0 Å². The number of aromatic hydroxyl groups is 1. The molecule has 1 fully saturated rings. The summed E-state index contributed by atoms with van der Waals surface area (Å²) in [6.07, 6.45) is 1.64. The number of aliphatic hydroxyl groups excluding tert-OH is 1. The molecule has 1 aliphatic rings. The largest absolute Gasteiger partial charge is 0.494 e. The van der Waals surface area contributed by atoms with Crippen LogP contribution in [0.15, 0.2) is 18.3 Å². The van der Waals surface area contributed by atoms with Crippen molar-refractivity contribution in [1.82, 2.24) is 15.2 Å². The highest BCUT2D eigenvalue weighted by molar-refractivity contribution is 6.33. The molecule has 1 aromatic carbocycles. The van der Waals surface area contributed by atoms with Crippen molar-refractivity contribution < 1.29 is 24.5 Å². The Morgan fingerprint density at radius 3 is 2.77 bits per heavy atom. The number of benzene rings is 1. The summed E-state index contributed by atoms with van der Waals surface area (Å²) in [7, 11) is 0. The Morgan fingerprint density at radius 2 is 2.12 bits per heavy atom. The Balaban J connectivity index is 1.90. The van der Waals surface area contributed by atoms with E-state index < -0.39 is 17.5 Å². The van der Waals surface area contributed by atoms with Crippen LogP contribution in [0.5, 0.6) is 11.6 Å². The standard InChI is InChI=1S/C17H16ClN3O5/c1-17(15(24)19-16(25)20-17)9-21-8-10-6-13(26-5-3-2-4-22)12(18)7-11(10)14(21)23/h6-8,22-23H,4-5,9H2,1H3,(H2,19,20,24,25). The normalized spacial score (nSPS) is 19.0. The van der Waals surface area contributed by atoms with E-state index in [-0.39, 0.29) is 30.7 Å². The van der Waals surface area contributed by atoms with Crippen LogP contribution in [0.2, 0.25) is 5.02 Å². The van der Waals surface area contributed by atoms with Crippen LogP contribution in [-0.4, -0.2) is 45.5 Å². The van der Waals surface area contributed by atoms with Gasteiger partial charge in [0.2, 0.25) is 0 Å². The van der Waals surface area contributed by atoms with Gasteiger partial charge in [-0.1, -0.05) is 23.4 Å². The molecular formula is C17H16ClN3O5. The third-order valence-electron chi connectivity index (χ3n) is 4.02. The van der Waals surface area contributed by atoms with Crippen molar-refractivity contribution in [3.8, 4) is 23.5 Å². The van der Waals surface area contributed by atoms with Gasteiger partial charge in [-0.25, -0.2) is 4.79 Å². The first-order valence-electron chi connectivity index (χ1n) is 7.68. The minimum Gasteiger partial charge on any atom is -0.494 e. The number of carbonyl (C=O) groups excluding carboxylic acids is 2. The van der Waals surface area contributed by atoms with Crippen molar-refractivity contribution in [1.29, 1.82) is 0 Å². The molecule has 3 amide bonds. The van der Waals surface area contributed by atoms with E-state index in [0.29, 0.717) is 16.5 Å². The molecule has 9 heteroatoms. The van der Waals surface area contributed by atoms with Crippen LogP contribution in [0.1, 0.15) is 6.92 Å². The average Bonchev–Trinajstić information content (AvgIpc) is 3.00. The number of fused-ring (bicyclic) bond motifs is 1. The number of nitrogens with one attached hydrogen (secondary N) is 2. The van der Waals surface area contributed by atoms with Crippen molar-refractivity contribution in [2.45, 2.75) is 19.0 Å². The number of hydrogen-bond donors (Lipinski definition) is 4. The van der Waals surface area contributed by atoms with Crippen LogP contribution in [0, 0.1) is 11.8 Å². The maximum atomic E-state index is 12.0. The molecule has 1 aliphatic heterocycles. The van der Waals surface area contributed by atoms with Crippen molar-refractivity contribution >= 4 is 34.3 Å². The summed E-state index contributed by atoms with van der Waals surface area (Å²) in [4.78, 5) is 23.3. The molecule has 0 bridgehead atoms. The van der Waals surface area contributed by atoms with Crippen molar-refractivity contribution in [2.75, 3.05) is 13.2 Å². The van der Waals surface area contributed by atoms with Gasteiger partial charge in [0.25, 0.3) is 5.91 Å². The van der Waals surface area contributed by atoms with Gasteiger partial charge in [0, 0.05) is 17.0 Å². The van der Waals surface area contributed by atoms with Crippen molar-refractivity contribution in [2.24, 2.45) is 0 Å². The maximum absolute atomic E-state index is 12.0. The number of ether oxygens (including phenoxy) is 1. The molecule has 26 heavy (non-hydrogen) atoms. The summed E-state index contributed by atoms with van der Waals surface area (Å²) in [5.41, 5.74) is -1.17. The van der Waals surface area contributed by atoms with Gasteiger partial charge in [-0.2, -0.15) is 0 Å². The van der Waals surface area contributed by atoms with Gasteiger partial charge in [0.15, 0.2) is 5.88 Å². The number of carbonyl (C=O) groups is 2. The molecule has 2 aromatic rings. The molecule has 1 atom stereocenters. The van der Waals surface area contributed by atoms with Crippen LogP contribution < -0.4 is 15.4 Å². The quantitative estimate of drug-likeness (QED) is 0.468. The molecule has 0 saturated carbocycles. The number of aromatic nitrogens is 1. The van der Waals surface area contributed by atoms with Crippen molar-refractivity contribution in [3.63, 3.8) is 0 Å². The fourth-order valence-electron chi connectivity index (χ4n) is 2.74. The molecule has 8 nitrogen and oxygen atoms in total. The number of nitrogens with zero attached hydrogens (tertiary/aromatic N) is 1. The zero-order chi connectivity index (χ0) is 18.9. The summed E-state index contributed by atoms with van der Waals surface area (Å²) in [6.45, 7) is 1.41. The van der Waals surface area contributed by atoms with Gasteiger partial charge >= 0.3 is 6.03 Å². The number of aliphatic hydroxyl groups is 1. The second-order valence-corrected chi connectivity index (χ2v) is 6.40. The van der Waals surface area contributed by atoms with Crippen LogP contribution in [-0.2, 0) is 11.3 Å². The number of hydrogen-bond acceptors (Lipinski definition) is 5. The number of imide groups is 1. The highest BCUT2D eigenvalue weighted by atomic mass is 35.5. The zero-order valence-electron chi connectivity index (χ0n) is 13.8. The van der Waals surface area contributed by atoms with E-state index in [0.717, 1.165) is 0 Å². The lowest BCUT2D eigenvalue weighted by molar-refractivity contribution is -0.123. The number of urea groups is 1. The summed E-state index contributed by atoms with van der Waals surface area (Å²) >= 11 is 6.17. The lowest BCUT2D eigenvalue weighted by Crippen LogP contribution is -2.47. The predicted molar refractivity (Wildman–Crippen MR) is 94.0 cm³/mol. The topological polar surface area (TPSA) is 113 Å². The van der Waals surface area contributed by atoms with Crippen LogP contribution in [0.3, 0.4) is 0 Å². The van der Waals surface area contributed by atoms with Crippen LogP contribution in [0.25, 0.3) is 10.8 Å². The Kier molecular flexibility index (Phi) is 4.68. The molecule has 0 spiro atoms. The highest BCUT2D eigenvalue weighted by Gasteiger charge is 2.42. The second-order valence-electron chi connectivity index (χ2n) is 5.99. The first-order valence-corrected chi connectivity index (χ1v) is 8.06. The predicted octanol–water partition coefficient (Wildman–Crippen LogP) is 0.973. The highest BCUT2D eigenvalue weighted by Crippen LogP contribution is 2.36. The van der Waals surface area contributed by atoms with Gasteiger partial charge in [-0.3, -0.25) is 10.1 Å². The van der Waals surface area contributed by atoms with Crippen LogP contribution >= 0.6 is 11.6 Å². The molecule has 136 valence electrons. The summed E-state index contributed by atoms with van der Waals surface area (Å²) < 4.78 is 6.91. The third-order valence-corrected chi connectivity index (χ3v) is 4.32. The molecule has 4 N–H and O–H groups in total. The van der Waals surface area contributed by atoms with Crippen molar-refractivity contribution in [3.05, 3.63) is 23.4 Å². The molecular weight excluding hydrogens is 362 g/mol. The summed E-state index contributed by atoms with van der Waals surface area (Å²) in [6, 6.07) is 2.62. The Bertz CT molecular complexity index is 959. The molecule has 0 radical (unpaired) electrons. The molecule has 1 saturated heterocycles. The van der Waals surface area contributed by atoms with Gasteiger partial charge in [0.05, 0.1) is 11.6 Å². The lowest BCUT2D eigenvalue weighted by Gasteiger charge is -2.21. The molecule has 3 rings (SSSR count). The van der Waals surface area contributed by atoms with E-state index in [1.165, 1.54) is 4.57 Å². The third kappa shape index (κ3) is 3.27. The van der Waals surface area contributed by atoms with E-state index in [4.69, 9.17) is 21.4 Å². The minimum absolute atomic E-state index is 0.0425. The van der Waals surface area contributed by atoms with E-state index in [2.05, 4.69) is 22.5 Å². The molecule has 0 aliphatic carbocycles. The molecule has 1 unspecified atom stereocenters. The average molecular weight is 378 g/mol. The number of halogens is 1. The smallest absolute Gasteiger partial charge is 0.322 e. The van der Waals surface area contributed by atoms with E-state index in [9.17, 15) is 14.7 Å². The minimum atomic E-state index is -1.17. The van der Waals surface area contributed by atoms with Gasteiger partial charge in [-0.05, 0) is 19.1 Å². The zero-order valence-corrected chi connectivity index (χ0v) is 14.6. The summed E-state index contributed by atoms with van der Waals surface area (Å²) in [5.74, 6) is 4.91.